The van der Waals surface area contributed by atoms with Gasteiger partial charge in [0.25, 0.3) is 0 Å². The number of aromatic nitrogens is 2. The van der Waals surface area contributed by atoms with Crippen molar-refractivity contribution in [3.8, 4) is 0 Å². The van der Waals surface area contributed by atoms with E-state index in [4.69, 9.17) is 4.74 Å². The quantitative estimate of drug-likeness (QED) is 0.837. The first-order valence-corrected chi connectivity index (χ1v) is 6.71. The molecule has 1 fully saturated rings. The van der Waals surface area contributed by atoms with Crippen molar-refractivity contribution < 1.29 is 17.9 Å². The number of halogens is 3. The van der Waals surface area contributed by atoms with Crippen LogP contribution in [0, 0.1) is 0 Å². The highest BCUT2D eigenvalue weighted by Crippen LogP contribution is 2.31. The first-order valence-electron chi connectivity index (χ1n) is 6.71. The largest absolute Gasteiger partial charge is 0.433 e. The second-order valence-electron chi connectivity index (χ2n) is 5.47. The molecule has 2 rings (SSSR count). The summed E-state index contributed by atoms with van der Waals surface area (Å²) in [5, 5.41) is 0. The highest BCUT2D eigenvalue weighted by Gasteiger charge is 2.35. The Morgan fingerprint density at radius 1 is 1.19 bits per heavy atom. The summed E-state index contributed by atoms with van der Waals surface area (Å²) >= 11 is 0. The number of alkyl halides is 3. The summed E-state index contributed by atoms with van der Waals surface area (Å²) < 4.78 is 44.5. The van der Waals surface area contributed by atoms with Crippen LogP contribution >= 0.6 is 0 Å². The molecule has 2 heterocycles. The molecule has 0 bridgehead atoms. The van der Waals surface area contributed by atoms with E-state index >= 15 is 0 Å². The molecule has 1 aliphatic heterocycles. The van der Waals surface area contributed by atoms with E-state index in [0.717, 1.165) is 6.07 Å². The number of morpholine rings is 1. The van der Waals surface area contributed by atoms with Crippen LogP contribution in [0.2, 0.25) is 0 Å². The lowest BCUT2D eigenvalue weighted by molar-refractivity contribution is -0.141. The van der Waals surface area contributed by atoms with Gasteiger partial charge < -0.3 is 14.5 Å². The fourth-order valence-corrected chi connectivity index (χ4v) is 2.28. The Bertz CT molecular complexity index is 497. The SMILES string of the molecule is CC1CN(c2nc(N(C)C)cc(C(F)(F)F)n2)CC(C)O1. The van der Waals surface area contributed by atoms with Crippen LogP contribution < -0.4 is 9.80 Å². The minimum absolute atomic E-state index is 0.0744. The summed E-state index contributed by atoms with van der Waals surface area (Å²) in [6.07, 6.45) is -4.64. The lowest BCUT2D eigenvalue weighted by atomic mass is 10.2. The predicted molar refractivity (Wildman–Crippen MR) is 73.6 cm³/mol. The van der Waals surface area contributed by atoms with Gasteiger partial charge in [0.15, 0.2) is 5.69 Å². The van der Waals surface area contributed by atoms with E-state index in [1.165, 1.54) is 4.90 Å². The highest BCUT2D eigenvalue weighted by molar-refractivity contribution is 5.46. The standard InChI is InChI=1S/C13H19F3N4O/c1-8-6-20(7-9(2)21-8)12-17-10(13(14,15)16)5-11(18-12)19(3)4/h5,8-9H,6-7H2,1-4H3. The first kappa shape index (κ1) is 15.8. The maximum atomic E-state index is 13.0. The van der Waals surface area contributed by atoms with Crippen LogP contribution in [-0.2, 0) is 10.9 Å². The molecule has 2 unspecified atom stereocenters. The molecule has 0 saturated carbocycles. The van der Waals surface area contributed by atoms with Gasteiger partial charge in [-0.1, -0.05) is 0 Å². The van der Waals surface area contributed by atoms with Gasteiger partial charge in [0.05, 0.1) is 12.2 Å². The Balaban J connectivity index is 2.40. The molecule has 0 aliphatic carbocycles. The normalized spacial score (nSPS) is 23.3. The number of hydrogen-bond donors (Lipinski definition) is 0. The lowest BCUT2D eigenvalue weighted by Crippen LogP contribution is -2.46. The van der Waals surface area contributed by atoms with E-state index < -0.39 is 11.9 Å². The van der Waals surface area contributed by atoms with Gasteiger partial charge >= 0.3 is 6.18 Å². The summed E-state index contributed by atoms with van der Waals surface area (Å²) in [7, 11) is 3.30. The van der Waals surface area contributed by atoms with Crippen LogP contribution in [0.25, 0.3) is 0 Å². The van der Waals surface area contributed by atoms with Crippen LogP contribution in [0.3, 0.4) is 0 Å². The minimum atomic E-state index is -4.49. The van der Waals surface area contributed by atoms with E-state index in [-0.39, 0.29) is 24.0 Å². The van der Waals surface area contributed by atoms with Crippen molar-refractivity contribution in [1.82, 2.24) is 9.97 Å². The zero-order valence-corrected chi connectivity index (χ0v) is 12.5. The molecule has 1 aliphatic rings. The smallest absolute Gasteiger partial charge is 0.372 e. The zero-order chi connectivity index (χ0) is 15.8. The van der Waals surface area contributed by atoms with Crippen LogP contribution in [0.15, 0.2) is 6.07 Å². The maximum Gasteiger partial charge on any atom is 0.433 e. The molecule has 118 valence electrons. The Morgan fingerprint density at radius 3 is 2.24 bits per heavy atom. The van der Waals surface area contributed by atoms with Crippen LogP contribution in [0.5, 0.6) is 0 Å². The average Bonchev–Trinajstić information content (AvgIpc) is 2.36. The molecule has 1 aromatic rings. The summed E-state index contributed by atoms with van der Waals surface area (Å²) in [6.45, 7) is 4.70. The Morgan fingerprint density at radius 2 is 1.76 bits per heavy atom. The van der Waals surface area contributed by atoms with Gasteiger partial charge in [-0.25, -0.2) is 4.98 Å². The second-order valence-corrected chi connectivity index (χ2v) is 5.47. The van der Waals surface area contributed by atoms with Crippen molar-refractivity contribution >= 4 is 11.8 Å². The van der Waals surface area contributed by atoms with E-state index in [1.54, 1.807) is 19.0 Å². The molecule has 0 N–H and O–H groups in total. The fourth-order valence-electron chi connectivity index (χ4n) is 2.28. The second kappa shape index (κ2) is 5.67. The molecule has 0 radical (unpaired) electrons. The van der Waals surface area contributed by atoms with Crippen molar-refractivity contribution in [2.75, 3.05) is 37.0 Å². The molecular weight excluding hydrogens is 285 g/mol. The van der Waals surface area contributed by atoms with Gasteiger partial charge in [0.2, 0.25) is 5.95 Å². The van der Waals surface area contributed by atoms with Gasteiger partial charge in [-0.05, 0) is 13.8 Å². The van der Waals surface area contributed by atoms with Gasteiger partial charge in [-0.3, -0.25) is 0 Å². The summed E-state index contributed by atoms with van der Waals surface area (Å²) in [4.78, 5) is 11.2. The Hall–Kier alpha value is -1.57. The number of rotatable bonds is 2. The Kier molecular flexibility index (Phi) is 4.27. The van der Waals surface area contributed by atoms with E-state index in [1.807, 2.05) is 13.8 Å². The fraction of sp³-hybridized carbons (Fsp3) is 0.692. The number of anilines is 2. The predicted octanol–water partition coefficient (Wildman–Crippen LogP) is 2.17. The number of nitrogens with zero attached hydrogens (tertiary/aromatic N) is 4. The van der Waals surface area contributed by atoms with Crippen LogP contribution in [0.4, 0.5) is 24.9 Å². The third-order valence-corrected chi connectivity index (χ3v) is 3.15. The zero-order valence-electron chi connectivity index (χ0n) is 12.5. The van der Waals surface area contributed by atoms with Crippen molar-refractivity contribution in [3.05, 3.63) is 11.8 Å². The summed E-state index contributed by atoms with van der Waals surface area (Å²) in [5.74, 6) is 0.328. The van der Waals surface area contributed by atoms with Gasteiger partial charge in [-0.2, -0.15) is 18.2 Å². The lowest BCUT2D eigenvalue weighted by Gasteiger charge is -2.35. The molecule has 1 aromatic heterocycles. The highest BCUT2D eigenvalue weighted by atomic mass is 19.4. The van der Waals surface area contributed by atoms with E-state index in [9.17, 15) is 13.2 Å². The third kappa shape index (κ3) is 3.75. The van der Waals surface area contributed by atoms with Crippen LogP contribution in [-0.4, -0.2) is 49.4 Å². The van der Waals surface area contributed by atoms with E-state index in [2.05, 4.69) is 9.97 Å². The average molecular weight is 304 g/mol. The first-order chi connectivity index (χ1) is 9.66. The maximum absolute atomic E-state index is 13.0. The van der Waals surface area contributed by atoms with Gasteiger partial charge in [-0.15, -0.1) is 0 Å². The third-order valence-electron chi connectivity index (χ3n) is 3.15. The number of ether oxygens (including phenoxy) is 1. The molecule has 21 heavy (non-hydrogen) atoms. The molecule has 1 saturated heterocycles. The molecule has 8 heteroatoms. The van der Waals surface area contributed by atoms with Gasteiger partial charge in [0.1, 0.15) is 5.82 Å². The number of hydrogen-bond acceptors (Lipinski definition) is 5. The molecule has 5 nitrogen and oxygen atoms in total. The van der Waals surface area contributed by atoms with Crippen molar-refractivity contribution in [2.45, 2.75) is 32.2 Å². The van der Waals surface area contributed by atoms with Crippen molar-refractivity contribution in [1.29, 1.82) is 0 Å². The molecule has 0 spiro atoms. The molecule has 2 atom stereocenters. The van der Waals surface area contributed by atoms with Gasteiger partial charge in [0, 0.05) is 33.3 Å². The monoisotopic (exact) mass is 304 g/mol. The molecular formula is C13H19F3N4O. The molecule has 0 aromatic carbocycles. The van der Waals surface area contributed by atoms with Crippen molar-refractivity contribution in [3.63, 3.8) is 0 Å². The van der Waals surface area contributed by atoms with Crippen molar-refractivity contribution in [2.24, 2.45) is 0 Å². The topological polar surface area (TPSA) is 41.5 Å². The summed E-state index contributed by atoms with van der Waals surface area (Å²) in [6, 6.07) is 0.955. The molecule has 0 amide bonds. The minimum Gasteiger partial charge on any atom is -0.372 e. The Labute approximate surface area is 121 Å². The van der Waals surface area contributed by atoms with Crippen LogP contribution in [0.1, 0.15) is 19.5 Å². The van der Waals surface area contributed by atoms with E-state index in [0.29, 0.717) is 13.1 Å². The summed E-state index contributed by atoms with van der Waals surface area (Å²) in [5.41, 5.74) is -0.928.